The van der Waals surface area contributed by atoms with Gasteiger partial charge in [0.05, 0.1) is 15.7 Å². The first-order chi connectivity index (χ1) is 9.97. The third-order valence-electron chi connectivity index (χ3n) is 2.77. The number of nitrogens with one attached hydrogen (secondary N) is 1. The van der Waals surface area contributed by atoms with Gasteiger partial charge in [-0.2, -0.15) is 0 Å². The van der Waals surface area contributed by atoms with Crippen LogP contribution in [0.2, 0.25) is 5.02 Å². The molecule has 2 aromatic rings. The van der Waals surface area contributed by atoms with E-state index in [2.05, 4.69) is 40.1 Å². The Morgan fingerprint density at radius 2 is 2.14 bits per heavy atom. The van der Waals surface area contributed by atoms with E-state index in [4.69, 9.17) is 16.3 Å². The van der Waals surface area contributed by atoms with Crippen molar-refractivity contribution in [2.24, 2.45) is 0 Å². The molecule has 0 aliphatic rings. The van der Waals surface area contributed by atoms with Gasteiger partial charge in [0.1, 0.15) is 17.3 Å². The summed E-state index contributed by atoms with van der Waals surface area (Å²) in [6.07, 6.45) is 3.30. The van der Waals surface area contributed by atoms with Crippen LogP contribution in [0, 0.1) is 5.82 Å². The summed E-state index contributed by atoms with van der Waals surface area (Å²) in [5, 5.41) is 3.35. The van der Waals surface area contributed by atoms with Gasteiger partial charge in [-0.1, -0.05) is 25.4 Å². The SMILES string of the molecule is CC(C)NCc1ccncc1Oc1cc(F)c(Cl)cc1Br. The molecule has 0 aliphatic carbocycles. The summed E-state index contributed by atoms with van der Waals surface area (Å²) in [7, 11) is 0. The first-order valence-corrected chi connectivity index (χ1v) is 7.63. The molecule has 3 nitrogen and oxygen atoms in total. The number of nitrogens with zero attached hydrogens (tertiary/aromatic N) is 1. The maximum Gasteiger partial charge on any atom is 0.150 e. The minimum absolute atomic E-state index is 0.0436. The number of halogens is 3. The average Bonchev–Trinajstić information content (AvgIpc) is 2.43. The van der Waals surface area contributed by atoms with E-state index in [-0.39, 0.29) is 5.02 Å². The molecule has 21 heavy (non-hydrogen) atoms. The second kappa shape index (κ2) is 7.20. The van der Waals surface area contributed by atoms with Gasteiger partial charge >= 0.3 is 0 Å². The van der Waals surface area contributed by atoms with E-state index in [9.17, 15) is 4.39 Å². The number of hydrogen-bond donors (Lipinski definition) is 1. The Bertz CT molecular complexity index is 637. The molecule has 1 aromatic heterocycles. The first kappa shape index (κ1) is 16.2. The predicted molar refractivity (Wildman–Crippen MR) is 85.4 cm³/mol. The van der Waals surface area contributed by atoms with Gasteiger partial charge in [-0.3, -0.25) is 4.98 Å². The zero-order valence-corrected chi connectivity index (χ0v) is 14.0. The number of rotatable bonds is 5. The predicted octanol–water partition coefficient (Wildman–Crippen LogP) is 4.93. The maximum atomic E-state index is 13.6. The fourth-order valence-corrected chi connectivity index (χ4v) is 2.38. The quantitative estimate of drug-likeness (QED) is 0.755. The van der Waals surface area contributed by atoms with Gasteiger partial charge in [-0.15, -0.1) is 0 Å². The van der Waals surface area contributed by atoms with Crippen LogP contribution in [0.4, 0.5) is 4.39 Å². The minimum atomic E-state index is -0.527. The molecule has 1 heterocycles. The molecule has 0 radical (unpaired) electrons. The van der Waals surface area contributed by atoms with Crippen molar-refractivity contribution in [3.63, 3.8) is 0 Å². The lowest BCUT2D eigenvalue weighted by molar-refractivity contribution is 0.459. The standard InChI is InChI=1S/C15H15BrClFN2O/c1-9(2)20-7-10-3-4-19-8-15(10)21-14-6-13(18)12(17)5-11(14)16/h3-6,8-9,20H,7H2,1-2H3. The van der Waals surface area contributed by atoms with Gasteiger partial charge in [0.2, 0.25) is 0 Å². The van der Waals surface area contributed by atoms with Crippen LogP contribution in [0.5, 0.6) is 11.5 Å². The minimum Gasteiger partial charge on any atom is -0.454 e. The number of aromatic nitrogens is 1. The second-order valence-corrected chi connectivity index (χ2v) is 6.08. The topological polar surface area (TPSA) is 34.2 Å². The number of ether oxygens (including phenoxy) is 1. The van der Waals surface area contributed by atoms with E-state index < -0.39 is 5.82 Å². The summed E-state index contributed by atoms with van der Waals surface area (Å²) in [5.74, 6) is 0.407. The van der Waals surface area contributed by atoms with Crippen molar-refractivity contribution in [2.45, 2.75) is 26.4 Å². The molecule has 0 bridgehead atoms. The van der Waals surface area contributed by atoms with Crippen molar-refractivity contribution in [1.29, 1.82) is 0 Å². The van der Waals surface area contributed by atoms with E-state index in [0.717, 1.165) is 5.56 Å². The van der Waals surface area contributed by atoms with Crippen molar-refractivity contribution < 1.29 is 9.13 Å². The molecule has 1 aromatic carbocycles. The molecule has 2 rings (SSSR count). The van der Waals surface area contributed by atoms with Crippen LogP contribution in [0.1, 0.15) is 19.4 Å². The van der Waals surface area contributed by atoms with Crippen molar-refractivity contribution in [2.75, 3.05) is 0 Å². The van der Waals surface area contributed by atoms with E-state index in [0.29, 0.717) is 28.6 Å². The van der Waals surface area contributed by atoms with E-state index in [1.165, 1.54) is 12.1 Å². The lowest BCUT2D eigenvalue weighted by Crippen LogP contribution is -2.22. The highest BCUT2D eigenvalue weighted by Crippen LogP contribution is 2.34. The maximum absolute atomic E-state index is 13.6. The van der Waals surface area contributed by atoms with E-state index in [1.807, 2.05) is 6.07 Å². The second-order valence-electron chi connectivity index (χ2n) is 4.82. The largest absolute Gasteiger partial charge is 0.454 e. The summed E-state index contributed by atoms with van der Waals surface area (Å²) < 4.78 is 19.9. The van der Waals surface area contributed by atoms with Gasteiger partial charge in [0, 0.05) is 30.4 Å². The Kier molecular flexibility index (Phi) is 5.56. The van der Waals surface area contributed by atoms with Crippen LogP contribution in [-0.4, -0.2) is 11.0 Å². The molecule has 0 aliphatic heterocycles. The van der Waals surface area contributed by atoms with Gasteiger partial charge in [0.15, 0.2) is 0 Å². The average molecular weight is 374 g/mol. The Morgan fingerprint density at radius 3 is 2.86 bits per heavy atom. The van der Waals surface area contributed by atoms with Crippen LogP contribution >= 0.6 is 27.5 Å². The van der Waals surface area contributed by atoms with Crippen LogP contribution in [-0.2, 0) is 6.54 Å². The summed E-state index contributed by atoms with van der Waals surface area (Å²) in [5.41, 5.74) is 0.945. The van der Waals surface area contributed by atoms with Crippen molar-refractivity contribution in [1.82, 2.24) is 10.3 Å². The van der Waals surface area contributed by atoms with Crippen molar-refractivity contribution >= 4 is 27.5 Å². The van der Waals surface area contributed by atoms with Crippen LogP contribution < -0.4 is 10.1 Å². The molecule has 1 N–H and O–H groups in total. The van der Waals surface area contributed by atoms with Gasteiger partial charge in [0.25, 0.3) is 0 Å². The molecule has 0 spiro atoms. The van der Waals surface area contributed by atoms with Crippen LogP contribution in [0.3, 0.4) is 0 Å². The smallest absolute Gasteiger partial charge is 0.150 e. The summed E-state index contributed by atoms with van der Waals surface area (Å²) in [4.78, 5) is 4.05. The lowest BCUT2D eigenvalue weighted by atomic mass is 10.2. The fourth-order valence-electron chi connectivity index (χ4n) is 1.66. The number of benzene rings is 1. The Labute approximate surface area is 136 Å². The van der Waals surface area contributed by atoms with Gasteiger partial charge < -0.3 is 10.1 Å². The molecular weight excluding hydrogens is 359 g/mol. The molecule has 0 amide bonds. The lowest BCUT2D eigenvalue weighted by Gasteiger charge is -2.14. The van der Waals surface area contributed by atoms with Crippen molar-refractivity contribution in [3.05, 3.63) is 51.5 Å². The molecule has 112 valence electrons. The summed E-state index contributed by atoms with van der Waals surface area (Å²) in [6.45, 7) is 4.77. The summed E-state index contributed by atoms with van der Waals surface area (Å²) in [6, 6.07) is 4.93. The Balaban J connectivity index is 2.25. The molecule has 6 heteroatoms. The first-order valence-electron chi connectivity index (χ1n) is 6.46. The Morgan fingerprint density at radius 1 is 1.38 bits per heavy atom. The highest BCUT2D eigenvalue weighted by molar-refractivity contribution is 9.10. The molecule has 0 unspecified atom stereocenters. The van der Waals surface area contributed by atoms with Crippen LogP contribution in [0.15, 0.2) is 35.1 Å². The third kappa shape index (κ3) is 4.40. The zero-order valence-electron chi connectivity index (χ0n) is 11.7. The number of hydrogen-bond acceptors (Lipinski definition) is 3. The molecule has 0 atom stereocenters. The zero-order chi connectivity index (χ0) is 15.4. The normalized spacial score (nSPS) is 11.0. The van der Waals surface area contributed by atoms with Crippen LogP contribution in [0.25, 0.3) is 0 Å². The van der Waals surface area contributed by atoms with E-state index in [1.54, 1.807) is 12.4 Å². The summed E-state index contributed by atoms with van der Waals surface area (Å²) >= 11 is 9.04. The van der Waals surface area contributed by atoms with E-state index >= 15 is 0 Å². The Hall–Kier alpha value is -1.17. The molecule has 0 saturated carbocycles. The monoisotopic (exact) mass is 372 g/mol. The highest BCUT2D eigenvalue weighted by atomic mass is 79.9. The van der Waals surface area contributed by atoms with Gasteiger partial charge in [-0.25, -0.2) is 4.39 Å². The third-order valence-corrected chi connectivity index (χ3v) is 3.67. The fraction of sp³-hybridized carbons (Fsp3) is 0.267. The number of pyridine rings is 1. The molecule has 0 fully saturated rings. The molecule has 0 saturated heterocycles. The van der Waals surface area contributed by atoms with Crippen molar-refractivity contribution in [3.8, 4) is 11.5 Å². The molecular formula is C15H15BrClFN2O. The van der Waals surface area contributed by atoms with Gasteiger partial charge in [-0.05, 0) is 28.1 Å². The highest BCUT2D eigenvalue weighted by Gasteiger charge is 2.11.